The van der Waals surface area contributed by atoms with Crippen LogP contribution in [0.5, 0.6) is 5.75 Å². The third-order valence-corrected chi connectivity index (χ3v) is 5.91. The summed E-state index contributed by atoms with van der Waals surface area (Å²) in [4.78, 5) is 26.6. The van der Waals surface area contributed by atoms with Gasteiger partial charge in [0.2, 0.25) is 11.2 Å². The molecule has 182 valence electrons. The number of nitrogens with zero attached hydrogens (tertiary/aromatic N) is 3. The number of anilines is 1. The Hall–Kier alpha value is -4.87. The van der Waals surface area contributed by atoms with Crippen molar-refractivity contribution in [2.75, 3.05) is 5.32 Å². The number of hydrogen-bond donors (Lipinski definition) is 1. The van der Waals surface area contributed by atoms with Crippen LogP contribution in [0.3, 0.4) is 0 Å². The fourth-order valence-electron chi connectivity index (χ4n) is 3.79. The number of nitrogens with one attached hydrogen (secondary N) is 1. The molecule has 1 unspecified atom stereocenters. The minimum absolute atomic E-state index is 0.110. The maximum absolute atomic E-state index is 13.4. The molecule has 1 N–H and O–H groups in total. The maximum Gasteiger partial charge on any atom is 0.266 e. The van der Waals surface area contributed by atoms with E-state index in [1.165, 1.54) is 17.8 Å². The van der Waals surface area contributed by atoms with E-state index in [9.17, 15) is 14.9 Å². The lowest BCUT2D eigenvalue weighted by Crippen LogP contribution is -2.32. The van der Waals surface area contributed by atoms with Crippen molar-refractivity contribution < 1.29 is 13.9 Å². The Bertz CT molecular complexity index is 1700. The Balaban J connectivity index is 1.50. The summed E-state index contributed by atoms with van der Waals surface area (Å²) >= 11 is 6.03. The molecule has 9 heteroatoms. The van der Waals surface area contributed by atoms with Crippen LogP contribution in [0.4, 0.5) is 5.82 Å². The third-order valence-electron chi connectivity index (χ3n) is 5.66. The highest BCUT2D eigenvalue weighted by atomic mass is 35.5. The average molecular weight is 511 g/mol. The topological polar surface area (TPSA) is 110 Å². The van der Waals surface area contributed by atoms with Crippen molar-refractivity contribution in [1.82, 2.24) is 9.78 Å². The molecule has 0 saturated carbocycles. The van der Waals surface area contributed by atoms with E-state index in [-0.39, 0.29) is 22.9 Å². The van der Waals surface area contributed by atoms with E-state index < -0.39 is 17.4 Å². The summed E-state index contributed by atoms with van der Waals surface area (Å²) in [5.74, 6) is -0.325. The maximum atomic E-state index is 13.4. The molecule has 0 saturated heterocycles. The summed E-state index contributed by atoms with van der Waals surface area (Å²) < 4.78 is 13.4. The van der Waals surface area contributed by atoms with Crippen LogP contribution in [-0.2, 0) is 4.79 Å². The summed E-state index contributed by atoms with van der Waals surface area (Å²) in [6.45, 7) is 1.50. The largest absolute Gasteiger partial charge is 0.473 e. The second kappa shape index (κ2) is 10.0. The summed E-state index contributed by atoms with van der Waals surface area (Å²) in [7, 11) is 0. The van der Waals surface area contributed by atoms with Gasteiger partial charge in [0.1, 0.15) is 17.2 Å². The molecular formula is C28H19ClN4O4. The van der Waals surface area contributed by atoms with Crippen LogP contribution in [0.1, 0.15) is 12.5 Å². The van der Waals surface area contributed by atoms with Crippen LogP contribution in [-0.4, -0.2) is 21.8 Å². The second-order valence-corrected chi connectivity index (χ2v) is 8.54. The molecule has 0 aliphatic rings. The Morgan fingerprint density at radius 2 is 1.78 bits per heavy atom. The van der Waals surface area contributed by atoms with Crippen LogP contribution >= 0.6 is 11.6 Å². The fraction of sp³-hybridized carbons (Fsp3) is 0.0714. The molecule has 2 aromatic heterocycles. The standard InChI is InChI=1S/C28H19ClN4O4/c1-17(28(35)32-27-19(15-30)16-31-33(27)21-7-3-2-4-8-21)36-26-24(34)22-9-5-6-10-23(22)37-25(26)18-11-13-20(29)14-12-18/h2-14,16-17H,1H3,(H,32,35). The minimum atomic E-state index is -1.12. The average Bonchev–Trinajstić information content (AvgIpc) is 3.33. The van der Waals surface area contributed by atoms with Gasteiger partial charge in [-0.25, -0.2) is 4.68 Å². The first kappa shape index (κ1) is 23.9. The Labute approximate surface area is 216 Å². The van der Waals surface area contributed by atoms with Crippen molar-refractivity contribution in [3.8, 4) is 28.8 Å². The van der Waals surface area contributed by atoms with E-state index in [1.807, 2.05) is 24.3 Å². The first-order chi connectivity index (χ1) is 18.0. The van der Waals surface area contributed by atoms with E-state index in [0.29, 0.717) is 27.2 Å². The SMILES string of the molecule is CC(Oc1c(-c2ccc(Cl)cc2)oc2ccccc2c1=O)C(=O)Nc1c(C#N)cnn1-c1ccccc1. The quantitative estimate of drug-likeness (QED) is 0.319. The molecule has 0 radical (unpaired) electrons. The summed E-state index contributed by atoms with van der Waals surface area (Å²) in [5.41, 5.74) is 1.36. The molecule has 0 spiro atoms. The van der Waals surface area contributed by atoms with Crippen molar-refractivity contribution in [2.45, 2.75) is 13.0 Å². The van der Waals surface area contributed by atoms with E-state index in [4.69, 9.17) is 20.8 Å². The molecule has 5 aromatic rings. The summed E-state index contributed by atoms with van der Waals surface area (Å²) in [6.07, 6.45) is 0.242. The highest BCUT2D eigenvalue weighted by molar-refractivity contribution is 6.30. The van der Waals surface area contributed by atoms with Crippen molar-refractivity contribution in [3.05, 3.63) is 106 Å². The van der Waals surface area contributed by atoms with Gasteiger partial charge in [-0.3, -0.25) is 9.59 Å². The van der Waals surface area contributed by atoms with Gasteiger partial charge in [-0.2, -0.15) is 10.4 Å². The normalized spacial score (nSPS) is 11.6. The van der Waals surface area contributed by atoms with Gasteiger partial charge in [-0.15, -0.1) is 0 Å². The lowest BCUT2D eigenvalue weighted by Gasteiger charge is -2.17. The predicted octanol–water partition coefficient (Wildman–Crippen LogP) is 5.58. The van der Waals surface area contributed by atoms with Crippen molar-refractivity contribution in [2.24, 2.45) is 0 Å². The van der Waals surface area contributed by atoms with Crippen LogP contribution < -0.4 is 15.5 Å². The van der Waals surface area contributed by atoms with Crippen molar-refractivity contribution >= 4 is 34.3 Å². The van der Waals surface area contributed by atoms with Gasteiger partial charge in [0.15, 0.2) is 17.7 Å². The number of nitriles is 1. The molecular weight excluding hydrogens is 492 g/mol. The predicted molar refractivity (Wildman–Crippen MR) is 140 cm³/mol. The number of rotatable bonds is 6. The van der Waals surface area contributed by atoms with Crippen LogP contribution in [0.25, 0.3) is 28.0 Å². The van der Waals surface area contributed by atoms with Gasteiger partial charge in [0, 0.05) is 10.6 Å². The van der Waals surface area contributed by atoms with E-state index in [1.54, 1.807) is 60.7 Å². The number of benzene rings is 3. The van der Waals surface area contributed by atoms with Crippen LogP contribution in [0, 0.1) is 11.3 Å². The molecule has 37 heavy (non-hydrogen) atoms. The second-order valence-electron chi connectivity index (χ2n) is 8.11. The van der Waals surface area contributed by atoms with Crippen LogP contribution in [0.2, 0.25) is 5.02 Å². The monoisotopic (exact) mass is 510 g/mol. The molecule has 0 fully saturated rings. The Kier molecular flexibility index (Phi) is 6.45. The number of halogens is 1. The van der Waals surface area contributed by atoms with Gasteiger partial charge in [-0.05, 0) is 55.5 Å². The number of aromatic nitrogens is 2. The zero-order valence-electron chi connectivity index (χ0n) is 19.5. The Morgan fingerprint density at radius 1 is 1.08 bits per heavy atom. The summed E-state index contributed by atoms with van der Waals surface area (Å²) in [5, 5.41) is 17.3. The molecule has 0 aliphatic carbocycles. The zero-order chi connectivity index (χ0) is 25.9. The number of carbonyl (C=O) groups is 1. The first-order valence-electron chi connectivity index (χ1n) is 11.3. The van der Waals surface area contributed by atoms with Gasteiger partial charge in [0.05, 0.1) is 17.3 Å². The fourth-order valence-corrected chi connectivity index (χ4v) is 3.91. The van der Waals surface area contributed by atoms with Gasteiger partial charge in [-0.1, -0.05) is 41.9 Å². The molecule has 5 rings (SSSR count). The van der Waals surface area contributed by atoms with E-state index in [2.05, 4.69) is 10.4 Å². The minimum Gasteiger partial charge on any atom is -0.473 e. The van der Waals surface area contributed by atoms with Gasteiger partial charge >= 0.3 is 0 Å². The van der Waals surface area contributed by atoms with Gasteiger partial charge in [0.25, 0.3) is 5.91 Å². The molecule has 1 amide bonds. The number of ether oxygens (including phenoxy) is 1. The first-order valence-corrected chi connectivity index (χ1v) is 11.7. The van der Waals surface area contributed by atoms with E-state index in [0.717, 1.165) is 0 Å². The molecule has 0 bridgehead atoms. The molecule has 8 nitrogen and oxygen atoms in total. The number of para-hydroxylation sites is 2. The third kappa shape index (κ3) is 4.68. The van der Waals surface area contributed by atoms with Crippen molar-refractivity contribution in [1.29, 1.82) is 5.26 Å². The van der Waals surface area contributed by atoms with Crippen LogP contribution in [0.15, 0.2) is 94.3 Å². The smallest absolute Gasteiger partial charge is 0.266 e. The molecule has 3 aromatic carbocycles. The molecule has 0 aliphatic heterocycles. The molecule has 1 atom stereocenters. The number of carbonyl (C=O) groups excluding carboxylic acids is 1. The molecule has 2 heterocycles. The van der Waals surface area contributed by atoms with Gasteiger partial charge < -0.3 is 14.5 Å². The van der Waals surface area contributed by atoms with Crippen molar-refractivity contribution in [3.63, 3.8) is 0 Å². The number of fused-ring (bicyclic) bond motifs is 1. The summed E-state index contributed by atoms with van der Waals surface area (Å²) in [6, 6.07) is 24.6. The number of hydrogen-bond acceptors (Lipinski definition) is 6. The van der Waals surface area contributed by atoms with E-state index >= 15 is 0 Å². The zero-order valence-corrected chi connectivity index (χ0v) is 20.3. The highest BCUT2D eigenvalue weighted by Gasteiger charge is 2.25. The lowest BCUT2D eigenvalue weighted by molar-refractivity contribution is -0.122. The Morgan fingerprint density at radius 3 is 2.51 bits per heavy atom. The highest BCUT2D eigenvalue weighted by Crippen LogP contribution is 2.32. The lowest BCUT2D eigenvalue weighted by atomic mass is 10.1. The number of amides is 1.